The first-order chi connectivity index (χ1) is 62.7. The minimum absolute atomic E-state index is 0.172. The van der Waals surface area contributed by atoms with Gasteiger partial charge in [0.25, 0.3) is 0 Å². The number of rotatable bonds is 52. The molecule has 696 valence electrons. The molecule has 8 atom stereocenters. The predicted molar refractivity (Wildman–Crippen MR) is 530 cm³/mol. The van der Waals surface area contributed by atoms with Crippen molar-refractivity contribution in [2.45, 2.75) is 386 Å². The van der Waals surface area contributed by atoms with Crippen LogP contribution in [-0.4, -0.2) is 93.1 Å². The molecule has 8 bridgehead atoms. The number of ether oxygens (including phenoxy) is 4. The van der Waals surface area contributed by atoms with E-state index in [-0.39, 0.29) is 46.7 Å². The van der Waals surface area contributed by atoms with E-state index in [9.17, 15) is 20.4 Å². The van der Waals surface area contributed by atoms with Crippen molar-refractivity contribution < 1.29 is 39.4 Å². The second kappa shape index (κ2) is 51.1. The van der Waals surface area contributed by atoms with E-state index in [4.69, 9.17) is 18.9 Å². The number of phenols is 4. The molecule has 0 saturated carbocycles. The van der Waals surface area contributed by atoms with Gasteiger partial charge in [0.2, 0.25) is 0 Å². The lowest BCUT2D eigenvalue weighted by Crippen LogP contribution is -2.36. The quantitative estimate of drug-likeness (QED) is 0.0271. The van der Waals surface area contributed by atoms with Gasteiger partial charge in [-0.05, 0) is 95.9 Å². The monoisotopic (exact) mass is 1740 g/mol. The Hall–Kier alpha value is -8.00. The Kier molecular flexibility index (Phi) is 39.0. The van der Waals surface area contributed by atoms with Crippen molar-refractivity contribution in [3.05, 3.63) is 235 Å². The molecule has 12 heteroatoms. The van der Waals surface area contributed by atoms with Gasteiger partial charge in [-0.3, -0.25) is 19.6 Å². The molecule has 5 aliphatic rings. The smallest absolute Gasteiger partial charge is 0.142 e. The van der Waals surface area contributed by atoms with Crippen LogP contribution < -0.4 is 18.9 Å². The van der Waals surface area contributed by atoms with E-state index in [2.05, 4.69) is 221 Å². The van der Waals surface area contributed by atoms with Gasteiger partial charge < -0.3 is 39.4 Å². The molecule has 8 aromatic carbocycles. The molecule has 0 radical (unpaired) electrons. The average molecular weight is 1740 g/mol. The third-order valence-electron chi connectivity index (χ3n) is 29.7. The Morgan fingerprint density at radius 1 is 0.242 bits per heavy atom. The van der Waals surface area contributed by atoms with Crippen LogP contribution in [0, 0.1) is 0 Å². The molecule has 4 aliphatic heterocycles. The zero-order chi connectivity index (χ0) is 89.4. The van der Waals surface area contributed by atoms with E-state index >= 15 is 0 Å². The molecule has 0 spiro atoms. The number of hydrogen-bond acceptors (Lipinski definition) is 12. The Labute approximate surface area is 773 Å². The number of aromatic hydroxyl groups is 4. The standard InChI is InChI=1S/C116H164N4O8/c1-9-13-17-21-25-29-33-37-53-65-93-97-69-102(114-105(109(97)121)77-117(82-126-114)73-85(5)89-57-45-41-46-58-89)95(67-55-39-35-31-27-23-19-15-11-3)99-71-104(116-107(111(99)123)79-119(84-128-116)75-87(7)91-61-49-43-50-62-91)96(68-56-40-36-32-28-24-20-16-12-4)100-72-103(115-108(112(100)124)80-120(83-127-115)76-88(8)92-63-51-44-52-64-92)94(66-54-38-34-30-26-22-18-14-10-2)98-70-101(93)113-106(110(98)122)78-118(81-125-113)74-86(6)90-59-47-42-48-60-90/h41-52,57-64,69-72,85-88,93-96,121-124H,9-40,53-56,65-68,73-84H2,1-8H3/t85-,86-,87-,88-,93?,94?,95?,96?/m1/s1. The molecule has 0 aromatic heterocycles. The highest BCUT2D eigenvalue weighted by Crippen LogP contribution is 2.59. The fraction of sp³-hybridized carbons (Fsp3) is 0.586. The molecule has 8 aromatic rings. The first kappa shape index (κ1) is 97.5. The fourth-order valence-electron chi connectivity index (χ4n) is 22.2. The summed E-state index contributed by atoms with van der Waals surface area (Å²) in [5.41, 5.74) is 15.6. The summed E-state index contributed by atoms with van der Waals surface area (Å²) >= 11 is 0. The number of unbranched alkanes of at least 4 members (excludes halogenated alkanes) is 32. The molecule has 12 nitrogen and oxygen atoms in total. The van der Waals surface area contributed by atoms with Gasteiger partial charge in [-0.1, -0.05) is 408 Å². The summed E-state index contributed by atoms with van der Waals surface area (Å²) in [6.07, 6.45) is 45.0. The third-order valence-corrected chi connectivity index (χ3v) is 29.7. The van der Waals surface area contributed by atoms with Gasteiger partial charge >= 0.3 is 0 Å². The molecule has 128 heavy (non-hydrogen) atoms. The lowest BCUT2D eigenvalue weighted by atomic mass is 9.74. The van der Waals surface area contributed by atoms with Gasteiger partial charge in [0.15, 0.2) is 0 Å². The van der Waals surface area contributed by atoms with Gasteiger partial charge in [-0.2, -0.15) is 0 Å². The third kappa shape index (κ3) is 26.3. The van der Waals surface area contributed by atoms with E-state index in [1.807, 2.05) is 0 Å². The van der Waals surface area contributed by atoms with Crippen LogP contribution in [0.15, 0.2) is 146 Å². The fourth-order valence-corrected chi connectivity index (χ4v) is 22.2. The van der Waals surface area contributed by atoms with Crippen molar-refractivity contribution >= 4 is 0 Å². The average Bonchev–Trinajstić information content (AvgIpc) is 0.726. The normalized spacial score (nSPS) is 18.0. The summed E-state index contributed by atoms with van der Waals surface area (Å²) in [5, 5.41) is 57.9. The number of fused-ring (bicyclic) bond motifs is 16. The van der Waals surface area contributed by atoms with Crippen LogP contribution in [0.5, 0.6) is 46.0 Å². The Bertz CT molecular complexity index is 4030. The highest BCUT2D eigenvalue weighted by molar-refractivity contribution is 5.69. The summed E-state index contributed by atoms with van der Waals surface area (Å²) in [7, 11) is 0. The molecule has 0 amide bonds. The summed E-state index contributed by atoms with van der Waals surface area (Å²) in [4.78, 5) is 9.60. The number of benzene rings is 8. The zero-order valence-corrected chi connectivity index (χ0v) is 80.5. The van der Waals surface area contributed by atoms with Crippen LogP contribution in [0.2, 0.25) is 0 Å². The minimum atomic E-state index is -0.414. The maximum Gasteiger partial charge on any atom is 0.142 e. The van der Waals surface area contributed by atoms with E-state index in [0.29, 0.717) is 79.3 Å². The Morgan fingerprint density at radius 2 is 0.414 bits per heavy atom. The minimum Gasteiger partial charge on any atom is -0.507 e. The molecular weight excluding hydrogens is 1580 g/mol. The summed E-state index contributed by atoms with van der Waals surface area (Å²) in [6.45, 7) is 24.5. The van der Waals surface area contributed by atoms with Crippen molar-refractivity contribution in [2.75, 3.05) is 53.1 Å². The van der Waals surface area contributed by atoms with E-state index in [0.717, 1.165) is 192 Å². The van der Waals surface area contributed by atoms with Crippen molar-refractivity contribution in [1.82, 2.24) is 19.6 Å². The number of phenolic OH excluding ortho intramolecular Hbond substituents is 4. The number of hydrogen-bond donors (Lipinski definition) is 4. The summed E-state index contributed by atoms with van der Waals surface area (Å²) < 4.78 is 30.3. The van der Waals surface area contributed by atoms with Crippen LogP contribution in [0.25, 0.3) is 0 Å². The van der Waals surface area contributed by atoms with Crippen LogP contribution in [0.1, 0.15) is 449 Å². The molecule has 1 aliphatic carbocycles. The summed E-state index contributed by atoms with van der Waals surface area (Å²) in [5.74, 6) is 2.95. The Balaban J connectivity index is 1.09. The van der Waals surface area contributed by atoms with Crippen molar-refractivity contribution in [1.29, 1.82) is 0 Å². The molecular formula is C116H164N4O8. The lowest BCUT2D eigenvalue weighted by Gasteiger charge is -2.39. The highest BCUT2D eigenvalue weighted by Gasteiger charge is 2.42. The van der Waals surface area contributed by atoms with Gasteiger partial charge in [-0.25, -0.2) is 0 Å². The maximum absolute atomic E-state index is 14.5. The van der Waals surface area contributed by atoms with Gasteiger partial charge in [-0.15, -0.1) is 0 Å². The first-order valence-electron chi connectivity index (χ1n) is 51.9. The van der Waals surface area contributed by atoms with E-state index in [1.54, 1.807) is 0 Å². The topological polar surface area (TPSA) is 131 Å². The molecule has 13 rings (SSSR count). The van der Waals surface area contributed by atoms with Crippen LogP contribution in [-0.2, 0) is 26.2 Å². The van der Waals surface area contributed by atoms with E-state index < -0.39 is 23.7 Å². The van der Waals surface area contributed by atoms with Crippen molar-refractivity contribution in [2.24, 2.45) is 0 Å². The zero-order valence-electron chi connectivity index (χ0n) is 80.5. The maximum atomic E-state index is 14.5. The molecule has 4 N–H and O–H groups in total. The summed E-state index contributed by atoms with van der Waals surface area (Å²) in [6, 6.07) is 52.9. The second-order valence-corrected chi connectivity index (χ2v) is 39.9. The van der Waals surface area contributed by atoms with Gasteiger partial charge in [0, 0.05) is 121 Å². The molecule has 4 unspecified atom stereocenters. The molecule has 0 saturated heterocycles. The lowest BCUT2D eigenvalue weighted by molar-refractivity contribution is 0.0862. The van der Waals surface area contributed by atoms with Gasteiger partial charge in [0.05, 0.1) is 22.3 Å². The molecule has 4 heterocycles. The largest absolute Gasteiger partial charge is 0.507 e. The number of nitrogens with zero attached hydrogens (tertiary/aromatic N) is 4. The van der Waals surface area contributed by atoms with Crippen LogP contribution in [0.4, 0.5) is 0 Å². The Morgan fingerprint density at radius 3 is 0.594 bits per heavy atom. The van der Waals surface area contributed by atoms with Crippen molar-refractivity contribution in [3.8, 4) is 46.0 Å². The van der Waals surface area contributed by atoms with Gasteiger partial charge in [0.1, 0.15) is 72.9 Å². The SMILES string of the molecule is CCCCCCCCCCCC1c2cc(c3c(c2O)CN(C[C@@H](C)c2ccccc2)CO3)C(CCCCCCCCCCC)c2cc(c3c(c2O)CN(C[C@@H](C)c2ccccc2)CO3)C(CCCCCCCCCCC)c2cc(c3c(c2O)CN(C[C@@H](C)c2ccccc2)CO3)C(CCCCCCCCCCC)c2cc1c1c(c2O)CN(C[C@@H](C)c2ccccc2)CO1. The highest BCUT2D eigenvalue weighted by atomic mass is 16.5. The van der Waals surface area contributed by atoms with Crippen LogP contribution in [0.3, 0.4) is 0 Å². The first-order valence-corrected chi connectivity index (χ1v) is 51.9. The predicted octanol–water partition coefficient (Wildman–Crippen LogP) is 30.9. The second-order valence-electron chi connectivity index (χ2n) is 39.9. The van der Waals surface area contributed by atoms with E-state index in [1.165, 1.54) is 176 Å². The van der Waals surface area contributed by atoms with Crippen LogP contribution >= 0.6 is 0 Å². The molecule has 0 fully saturated rings. The van der Waals surface area contributed by atoms with Crippen molar-refractivity contribution in [3.63, 3.8) is 0 Å².